The van der Waals surface area contributed by atoms with Gasteiger partial charge in [-0.25, -0.2) is 4.39 Å². The van der Waals surface area contributed by atoms with Crippen molar-refractivity contribution < 1.29 is 19.1 Å². The van der Waals surface area contributed by atoms with Crippen LogP contribution in [0.2, 0.25) is 0 Å². The molecule has 1 aliphatic heterocycles. The van der Waals surface area contributed by atoms with Gasteiger partial charge in [-0.2, -0.15) is 0 Å². The zero-order valence-electron chi connectivity index (χ0n) is 13.0. The van der Waals surface area contributed by atoms with E-state index in [9.17, 15) is 19.1 Å². The summed E-state index contributed by atoms with van der Waals surface area (Å²) in [5.41, 5.74) is -0.364. The summed E-state index contributed by atoms with van der Waals surface area (Å²) in [5.74, 6) is -1.42. The molecule has 0 saturated heterocycles. The average Bonchev–Trinajstić information content (AvgIpc) is 2.40. The predicted octanol–water partition coefficient (Wildman–Crippen LogP) is 3.28. The van der Waals surface area contributed by atoms with Crippen molar-refractivity contribution in [2.24, 2.45) is 0 Å². The minimum atomic E-state index is -0.716. The lowest BCUT2D eigenvalue weighted by Gasteiger charge is -2.33. The summed E-state index contributed by atoms with van der Waals surface area (Å²) in [6.07, 6.45) is 2.05. The fourth-order valence-corrected chi connectivity index (χ4v) is 2.74. The number of fused-ring (bicyclic) bond motifs is 1. The van der Waals surface area contributed by atoms with Gasteiger partial charge in [-0.1, -0.05) is 27.2 Å². The molecule has 0 radical (unpaired) electrons. The number of hydrogen-bond donors (Lipinski definition) is 3. The van der Waals surface area contributed by atoms with E-state index in [1.807, 2.05) is 6.92 Å². The molecule has 120 valence electrons. The van der Waals surface area contributed by atoms with Crippen LogP contribution >= 0.6 is 0 Å². The van der Waals surface area contributed by atoms with Crippen LogP contribution in [0.15, 0.2) is 6.07 Å². The molecule has 1 aromatic carbocycles. The van der Waals surface area contributed by atoms with E-state index in [2.05, 4.69) is 10.6 Å². The molecule has 0 unspecified atom stereocenters. The Bertz CT molecular complexity index is 626. The Morgan fingerprint density at radius 2 is 2.18 bits per heavy atom. The number of carbonyl (C=O) groups excluding carboxylic acids is 2. The third-order valence-electron chi connectivity index (χ3n) is 3.83. The maximum absolute atomic E-state index is 14.3. The fourth-order valence-electron chi connectivity index (χ4n) is 2.74. The molecule has 2 rings (SSSR count). The van der Waals surface area contributed by atoms with Gasteiger partial charge >= 0.3 is 0 Å². The molecule has 0 aliphatic carbocycles. The Kier molecular flexibility index (Phi) is 4.39. The summed E-state index contributed by atoms with van der Waals surface area (Å²) in [4.78, 5) is 23.5. The van der Waals surface area contributed by atoms with E-state index in [0.717, 1.165) is 18.9 Å². The third-order valence-corrected chi connectivity index (χ3v) is 3.83. The van der Waals surface area contributed by atoms with Crippen LogP contribution in [0.25, 0.3) is 0 Å². The van der Waals surface area contributed by atoms with Gasteiger partial charge < -0.3 is 15.7 Å². The molecular weight excluding hydrogens is 287 g/mol. The van der Waals surface area contributed by atoms with Crippen LogP contribution in [0.1, 0.15) is 52.0 Å². The van der Waals surface area contributed by atoms with Gasteiger partial charge in [0.05, 0.1) is 11.4 Å². The standard InChI is InChI=1S/C16H21FN2O3/c1-4-5-6-11(20)18-10-7-9(17)14-13(15(10)22)16(2,3)8-12(21)19-14/h7,22H,4-6,8H2,1-3H3,(H,18,20)(H,19,21). The highest BCUT2D eigenvalue weighted by Crippen LogP contribution is 2.47. The molecule has 1 aromatic rings. The van der Waals surface area contributed by atoms with Crippen molar-refractivity contribution in [3.05, 3.63) is 17.4 Å². The summed E-state index contributed by atoms with van der Waals surface area (Å²) >= 11 is 0. The number of anilines is 2. The van der Waals surface area contributed by atoms with E-state index in [1.165, 1.54) is 0 Å². The largest absolute Gasteiger partial charge is 0.505 e. The van der Waals surface area contributed by atoms with E-state index in [-0.39, 0.29) is 35.4 Å². The van der Waals surface area contributed by atoms with Crippen LogP contribution in [-0.2, 0) is 15.0 Å². The van der Waals surface area contributed by atoms with E-state index in [0.29, 0.717) is 12.0 Å². The van der Waals surface area contributed by atoms with Crippen LogP contribution in [0, 0.1) is 5.82 Å². The summed E-state index contributed by atoms with van der Waals surface area (Å²) in [5, 5.41) is 15.4. The Hall–Kier alpha value is -2.11. The van der Waals surface area contributed by atoms with Gasteiger partial charge in [0.15, 0.2) is 0 Å². The monoisotopic (exact) mass is 308 g/mol. The highest BCUT2D eigenvalue weighted by atomic mass is 19.1. The van der Waals surface area contributed by atoms with Crippen LogP contribution in [0.3, 0.4) is 0 Å². The molecule has 5 nitrogen and oxygen atoms in total. The SMILES string of the molecule is CCCCC(=O)Nc1cc(F)c2c(c1O)C(C)(C)CC(=O)N2. The van der Waals surface area contributed by atoms with Gasteiger partial charge in [0.1, 0.15) is 11.6 Å². The highest BCUT2D eigenvalue weighted by Gasteiger charge is 2.37. The van der Waals surface area contributed by atoms with E-state index >= 15 is 0 Å². The fraction of sp³-hybridized carbons (Fsp3) is 0.500. The van der Waals surface area contributed by atoms with Gasteiger partial charge in [-0.05, 0) is 6.42 Å². The Morgan fingerprint density at radius 3 is 2.82 bits per heavy atom. The minimum Gasteiger partial charge on any atom is -0.505 e. The number of phenolic OH excluding ortho intramolecular Hbond substituents is 1. The molecule has 6 heteroatoms. The van der Waals surface area contributed by atoms with Crippen LogP contribution in [-0.4, -0.2) is 16.9 Å². The first-order chi connectivity index (χ1) is 10.3. The summed E-state index contributed by atoms with van der Waals surface area (Å²) in [6.45, 7) is 5.48. The van der Waals surface area contributed by atoms with Crippen molar-refractivity contribution >= 4 is 23.2 Å². The summed E-state index contributed by atoms with van der Waals surface area (Å²) in [6, 6.07) is 1.04. The maximum Gasteiger partial charge on any atom is 0.225 e. The number of halogens is 1. The third kappa shape index (κ3) is 3.05. The highest BCUT2D eigenvalue weighted by molar-refractivity contribution is 5.99. The quantitative estimate of drug-likeness (QED) is 0.747. The minimum absolute atomic E-state index is 0.00897. The van der Waals surface area contributed by atoms with Gasteiger partial charge in [0.25, 0.3) is 0 Å². The molecule has 0 bridgehead atoms. The lowest BCUT2D eigenvalue weighted by atomic mass is 9.77. The Labute approximate surface area is 128 Å². The van der Waals surface area contributed by atoms with Crippen molar-refractivity contribution in [3.63, 3.8) is 0 Å². The van der Waals surface area contributed by atoms with Crippen molar-refractivity contribution in [1.82, 2.24) is 0 Å². The molecule has 3 N–H and O–H groups in total. The average molecular weight is 308 g/mol. The lowest BCUT2D eigenvalue weighted by molar-refractivity contribution is -0.118. The number of benzene rings is 1. The molecule has 2 amide bonds. The molecular formula is C16H21FN2O3. The number of phenols is 1. The number of carbonyl (C=O) groups is 2. The van der Waals surface area contributed by atoms with Crippen LogP contribution in [0.5, 0.6) is 5.75 Å². The summed E-state index contributed by atoms with van der Waals surface area (Å²) < 4.78 is 14.3. The molecule has 0 aromatic heterocycles. The van der Waals surface area contributed by atoms with Crippen molar-refractivity contribution in [1.29, 1.82) is 0 Å². The molecule has 0 atom stereocenters. The first kappa shape index (κ1) is 16.3. The molecule has 1 heterocycles. The first-order valence-electron chi connectivity index (χ1n) is 7.42. The van der Waals surface area contributed by atoms with Gasteiger partial charge in [-0.15, -0.1) is 0 Å². The number of aromatic hydroxyl groups is 1. The van der Waals surface area contributed by atoms with Crippen LogP contribution < -0.4 is 10.6 Å². The topological polar surface area (TPSA) is 78.4 Å². The number of amides is 2. The second-order valence-electron chi connectivity index (χ2n) is 6.27. The number of rotatable bonds is 4. The molecule has 0 saturated carbocycles. The summed E-state index contributed by atoms with van der Waals surface area (Å²) in [7, 11) is 0. The number of nitrogens with one attached hydrogen (secondary N) is 2. The smallest absolute Gasteiger partial charge is 0.225 e. The Morgan fingerprint density at radius 1 is 1.50 bits per heavy atom. The van der Waals surface area contributed by atoms with Gasteiger partial charge in [-0.3, -0.25) is 9.59 Å². The van der Waals surface area contributed by atoms with Crippen molar-refractivity contribution in [2.45, 2.75) is 51.9 Å². The molecule has 0 fully saturated rings. The Balaban J connectivity index is 2.42. The second-order valence-corrected chi connectivity index (χ2v) is 6.27. The zero-order valence-corrected chi connectivity index (χ0v) is 13.0. The lowest BCUT2D eigenvalue weighted by Crippen LogP contribution is -2.33. The van der Waals surface area contributed by atoms with E-state index < -0.39 is 11.2 Å². The predicted molar refractivity (Wildman–Crippen MR) is 82.5 cm³/mol. The van der Waals surface area contributed by atoms with Crippen molar-refractivity contribution in [3.8, 4) is 5.75 Å². The van der Waals surface area contributed by atoms with E-state index in [1.54, 1.807) is 13.8 Å². The molecule has 0 spiro atoms. The van der Waals surface area contributed by atoms with Crippen molar-refractivity contribution in [2.75, 3.05) is 10.6 Å². The molecule has 22 heavy (non-hydrogen) atoms. The maximum atomic E-state index is 14.3. The normalized spacial score (nSPS) is 15.9. The zero-order chi connectivity index (χ0) is 16.5. The van der Waals surface area contributed by atoms with Gasteiger partial charge in [0, 0.05) is 29.9 Å². The molecule has 1 aliphatic rings. The first-order valence-corrected chi connectivity index (χ1v) is 7.42. The van der Waals surface area contributed by atoms with E-state index in [4.69, 9.17) is 0 Å². The van der Waals surface area contributed by atoms with Gasteiger partial charge in [0.2, 0.25) is 11.8 Å². The second kappa shape index (κ2) is 5.94. The van der Waals surface area contributed by atoms with Crippen LogP contribution in [0.4, 0.5) is 15.8 Å². The number of unbranched alkanes of at least 4 members (excludes halogenated alkanes) is 1. The number of hydrogen-bond acceptors (Lipinski definition) is 3.